The zero-order valence-electron chi connectivity index (χ0n) is 11.2. The monoisotopic (exact) mass is 237 g/mol. The summed E-state index contributed by atoms with van der Waals surface area (Å²) in [7, 11) is 0. The molecule has 0 aliphatic heterocycles. The molecule has 0 spiro atoms. The molecule has 0 fully saturated rings. The van der Waals surface area contributed by atoms with Crippen LogP contribution < -0.4 is 5.32 Å². The van der Waals surface area contributed by atoms with Gasteiger partial charge in [-0.05, 0) is 37.5 Å². The molecular weight excluding hydrogens is 213 g/mol. The molecular formula is C15H24FN. The van der Waals surface area contributed by atoms with Crippen molar-refractivity contribution in [1.29, 1.82) is 0 Å². The van der Waals surface area contributed by atoms with Crippen molar-refractivity contribution in [3.8, 4) is 0 Å². The summed E-state index contributed by atoms with van der Waals surface area (Å²) in [6.07, 6.45) is 4.63. The maximum atomic E-state index is 12.9. The standard InChI is InChI=1S/C15H24FN/c1-4-6-7-15(17-12(3)5-2)13-8-10-14(16)11-9-13/h8-12,15,17H,4-7H2,1-3H3. The summed E-state index contributed by atoms with van der Waals surface area (Å²) in [4.78, 5) is 0. The fourth-order valence-corrected chi connectivity index (χ4v) is 1.91. The highest BCUT2D eigenvalue weighted by atomic mass is 19.1. The van der Waals surface area contributed by atoms with E-state index in [1.165, 1.54) is 18.4 Å². The lowest BCUT2D eigenvalue weighted by Gasteiger charge is -2.23. The van der Waals surface area contributed by atoms with Crippen molar-refractivity contribution < 1.29 is 4.39 Å². The van der Waals surface area contributed by atoms with E-state index in [0.717, 1.165) is 12.8 Å². The molecule has 0 aromatic heterocycles. The summed E-state index contributed by atoms with van der Waals surface area (Å²) in [6, 6.07) is 7.74. The Labute approximate surface area is 104 Å². The van der Waals surface area contributed by atoms with E-state index in [1.807, 2.05) is 12.1 Å². The summed E-state index contributed by atoms with van der Waals surface area (Å²) in [5.41, 5.74) is 1.19. The third-order valence-electron chi connectivity index (χ3n) is 3.22. The predicted molar refractivity (Wildman–Crippen MR) is 71.6 cm³/mol. The normalized spacial score (nSPS) is 14.6. The number of benzene rings is 1. The Morgan fingerprint density at radius 3 is 2.35 bits per heavy atom. The molecule has 2 unspecified atom stereocenters. The van der Waals surface area contributed by atoms with Crippen molar-refractivity contribution >= 4 is 0 Å². The Morgan fingerprint density at radius 2 is 1.82 bits per heavy atom. The second-order valence-electron chi connectivity index (χ2n) is 4.72. The molecule has 0 amide bonds. The van der Waals surface area contributed by atoms with E-state index in [9.17, 15) is 4.39 Å². The highest BCUT2D eigenvalue weighted by Gasteiger charge is 2.12. The van der Waals surface area contributed by atoms with Gasteiger partial charge in [-0.15, -0.1) is 0 Å². The smallest absolute Gasteiger partial charge is 0.123 e. The number of rotatable bonds is 7. The Morgan fingerprint density at radius 1 is 1.18 bits per heavy atom. The largest absolute Gasteiger partial charge is 0.307 e. The van der Waals surface area contributed by atoms with Crippen LogP contribution in [-0.4, -0.2) is 6.04 Å². The summed E-state index contributed by atoms with van der Waals surface area (Å²) >= 11 is 0. The molecule has 1 nitrogen and oxygen atoms in total. The minimum Gasteiger partial charge on any atom is -0.307 e. The molecule has 96 valence electrons. The maximum Gasteiger partial charge on any atom is 0.123 e. The minimum atomic E-state index is -0.161. The van der Waals surface area contributed by atoms with Gasteiger partial charge in [0.1, 0.15) is 5.82 Å². The number of hydrogen-bond acceptors (Lipinski definition) is 1. The Bertz CT molecular complexity index is 307. The van der Waals surface area contributed by atoms with Gasteiger partial charge in [0.2, 0.25) is 0 Å². The van der Waals surface area contributed by atoms with Crippen LogP contribution in [0.4, 0.5) is 4.39 Å². The Balaban J connectivity index is 2.70. The quantitative estimate of drug-likeness (QED) is 0.739. The SMILES string of the molecule is CCCCC(NC(C)CC)c1ccc(F)cc1. The number of nitrogens with one attached hydrogen (secondary N) is 1. The molecule has 0 saturated carbocycles. The molecule has 2 heteroatoms. The molecule has 1 aromatic carbocycles. The predicted octanol–water partition coefficient (Wildman–Crippen LogP) is 4.45. The molecule has 2 atom stereocenters. The highest BCUT2D eigenvalue weighted by molar-refractivity contribution is 5.20. The van der Waals surface area contributed by atoms with Gasteiger partial charge in [-0.25, -0.2) is 4.39 Å². The number of unbranched alkanes of at least 4 members (excludes halogenated alkanes) is 1. The second kappa shape index (κ2) is 7.44. The van der Waals surface area contributed by atoms with Crippen LogP contribution in [0.2, 0.25) is 0 Å². The molecule has 0 bridgehead atoms. The van der Waals surface area contributed by atoms with E-state index in [-0.39, 0.29) is 5.82 Å². The maximum absolute atomic E-state index is 12.9. The topological polar surface area (TPSA) is 12.0 Å². The number of hydrogen-bond donors (Lipinski definition) is 1. The van der Waals surface area contributed by atoms with Crippen LogP contribution >= 0.6 is 0 Å². The van der Waals surface area contributed by atoms with Gasteiger partial charge in [-0.1, -0.05) is 38.8 Å². The fourth-order valence-electron chi connectivity index (χ4n) is 1.91. The molecule has 0 aliphatic carbocycles. The van der Waals surface area contributed by atoms with Gasteiger partial charge in [-0.2, -0.15) is 0 Å². The van der Waals surface area contributed by atoms with Crippen molar-refractivity contribution in [3.05, 3.63) is 35.6 Å². The van der Waals surface area contributed by atoms with Crippen LogP contribution in [0, 0.1) is 5.82 Å². The third-order valence-corrected chi connectivity index (χ3v) is 3.22. The van der Waals surface area contributed by atoms with Crippen molar-refractivity contribution in [3.63, 3.8) is 0 Å². The first-order valence-corrected chi connectivity index (χ1v) is 6.68. The van der Waals surface area contributed by atoms with Crippen molar-refractivity contribution in [2.24, 2.45) is 0 Å². The number of halogens is 1. The lowest BCUT2D eigenvalue weighted by Crippen LogP contribution is -2.30. The van der Waals surface area contributed by atoms with Crippen LogP contribution in [0.15, 0.2) is 24.3 Å². The molecule has 1 aromatic rings. The molecule has 1 N–H and O–H groups in total. The first kappa shape index (κ1) is 14.2. The van der Waals surface area contributed by atoms with Gasteiger partial charge >= 0.3 is 0 Å². The highest BCUT2D eigenvalue weighted by Crippen LogP contribution is 2.20. The molecule has 0 saturated heterocycles. The van der Waals surface area contributed by atoms with E-state index in [0.29, 0.717) is 12.1 Å². The molecule has 1 rings (SSSR count). The zero-order chi connectivity index (χ0) is 12.7. The summed E-state index contributed by atoms with van der Waals surface area (Å²) in [5.74, 6) is -0.161. The van der Waals surface area contributed by atoms with Gasteiger partial charge in [0.25, 0.3) is 0 Å². The molecule has 17 heavy (non-hydrogen) atoms. The lowest BCUT2D eigenvalue weighted by atomic mass is 10.00. The average Bonchev–Trinajstić information content (AvgIpc) is 2.35. The van der Waals surface area contributed by atoms with Crippen LogP contribution in [0.3, 0.4) is 0 Å². The summed E-state index contributed by atoms with van der Waals surface area (Å²) < 4.78 is 12.9. The van der Waals surface area contributed by atoms with Crippen LogP contribution in [0.25, 0.3) is 0 Å². The molecule has 0 aliphatic rings. The van der Waals surface area contributed by atoms with Crippen molar-refractivity contribution in [2.45, 2.75) is 58.5 Å². The summed E-state index contributed by atoms with van der Waals surface area (Å²) in [5, 5.41) is 3.61. The molecule has 0 radical (unpaired) electrons. The van der Waals surface area contributed by atoms with Gasteiger partial charge in [0, 0.05) is 12.1 Å². The lowest BCUT2D eigenvalue weighted by molar-refractivity contribution is 0.416. The van der Waals surface area contributed by atoms with E-state index in [2.05, 4.69) is 26.1 Å². The minimum absolute atomic E-state index is 0.161. The van der Waals surface area contributed by atoms with E-state index in [4.69, 9.17) is 0 Å². The first-order chi connectivity index (χ1) is 8.17. The van der Waals surface area contributed by atoms with Crippen molar-refractivity contribution in [2.75, 3.05) is 0 Å². The average molecular weight is 237 g/mol. The van der Waals surface area contributed by atoms with Crippen LogP contribution in [0.1, 0.15) is 58.1 Å². The second-order valence-corrected chi connectivity index (χ2v) is 4.72. The first-order valence-electron chi connectivity index (χ1n) is 6.68. The third kappa shape index (κ3) is 4.86. The van der Waals surface area contributed by atoms with Crippen LogP contribution in [0.5, 0.6) is 0 Å². The van der Waals surface area contributed by atoms with E-state index >= 15 is 0 Å². The fraction of sp³-hybridized carbons (Fsp3) is 0.600. The Kier molecular flexibility index (Phi) is 6.20. The van der Waals surface area contributed by atoms with Crippen LogP contribution in [-0.2, 0) is 0 Å². The van der Waals surface area contributed by atoms with Gasteiger partial charge in [-0.3, -0.25) is 0 Å². The Hall–Kier alpha value is -0.890. The molecule has 0 heterocycles. The van der Waals surface area contributed by atoms with Gasteiger partial charge in [0.05, 0.1) is 0 Å². The summed E-state index contributed by atoms with van der Waals surface area (Å²) in [6.45, 7) is 6.58. The van der Waals surface area contributed by atoms with Crippen molar-refractivity contribution in [1.82, 2.24) is 5.32 Å². The van der Waals surface area contributed by atoms with E-state index in [1.54, 1.807) is 12.1 Å². The van der Waals surface area contributed by atoms with E-state index < -0.39 is 0 Å². The zero-order valence-corrected chi connectivity index (χ0v) is 11.2. The van der Waals surface area contributed by atoms with Gasteiger partial charge in [0.15, 0.2) is 0 Å². The van der Waals surface area contributed by atoms with Gasteiger partial charge < -0.3 is 5.32 Å².